The van der Waals surface area contributed by atoms with Crippen molar-refractivity contribution in [2.75, 3.05) is 41.9 Å². The summed E-state index contributed by atoms with van der Waals surface area (Å²) in [6, 6.07) is 5.80. The van der Waals surface area contributed by atoms with Crippen LogP contribution in [0.2, 0.25) is 0 Å². The maximum absolute atomic E-state index is 11.7. The standard InChI is InChI=1S/C14H22N2O3/c1-15(2)14(17)16(3)9-8-11-6-7-12(18-4)13(10-11)19-5/h6-7,10H,8-9H2,1-5H3. The van der Waals surface area contributed by atoms with Crippen molar-refractivity contribution in [1.82, 2.24) is 9.80 Å². The van der Waals surface area contributed by atoms with Gasteiger partial charge in [-0.25, -0.2) is 4.79 Å². The highest BCUT2D eigenvalue weighted by atomic mass is 16.5. The van der Waals surface area contributed by atoms with Gasteiger partial charge in [-0.05, 0) is 24.1 Å². The van der Waals surface area contributed by atoms with Gasteiger partial charge >= 0.3 is 6.03 Å². The summed E-state index contributed by atoms with van der Waals surface area (Å²) in [6.07, 6.45) is 0.774. The van der Waals surface area contributed by atoms with Gasteiger partial charge in [0.2, 0.25) is 0 Å². The summed E-state index contributed by atoms with van der Waals surface area (Å²) in [7, 11) is 8.51. The van der Waals surface area contributed by atoms with Crippen LogP contribution in [0, 0.1) is 0 Å². The van der Waals surface area contributed by atoms with Crippen LogP contribution in [-0.4, -0.2) is 57.7 Å². The average Bonchev–Trinajstić information content (AvgIpc) is 2.43. The zero-order valence-corrected chi connectivity index (χ0v) is 12.3. The number of hydrogen-bond donors (Lipinski definition) is 0. The number of methoxy groups -OCH3 is 2. The summed E-state index contributed by atoms with van der Waals surface area (Å²) in [5.41, 5.74) is 1.11. The molecule has 0 aromatic heterocycles. The molecule has 0 aliphatic carbocycles. The van der Waals surface area contributed by atoms with Crippen molar-refractivity contribution < 1.29 is 14.3 Å². The molecule has 1 aromatic rings. The molecule has 5 heteroatoms. The highest BCUT2D eigenvalue weighted by molar-refractivity contribution is 5.73. The lowest BCUT2D eigenvalue weighted by atomic mass is 10.1. The third-order valence-corrected chi connectivity index (χ3v) is 2.89. The number of carbonyl (C=O) groups excluding carboxylic acids is 1. The third kappa shape index (κ3) is 4.05. The summed E-state index contributed by atoms with van der Waals surface area (Å²) < 4.78 is 10.4. The second-order valence-electron chi connectivity index (χ2n) is 4.54. The van der Waals surface area contributed by atoms with Gasteiger partial charge in [0.1, 0.15) is 0 Å². The number of amides is 2. The topological polar surface area (TPSA) is 42.0 Å². The predicted molar refractivity (Wildman–Crippen MR) is 75.0 cm³/mol. The summed E-state index contributed by atoms with van der Waals surface area (Å²) in [4.78, 5) is 15.0. The van der Waals surface area contributed by atoms with Gasteiger partial charge < -0.3 is 19.3 Å². The molecule has 106 valence electrons. The number of benzene rings is 1. The molecule has 5 nitrogen and oxygen atoms in total. The number of rotatable bonds is 5. The molecular weight excluding hydrogens is 244 g/mol. The largest absolute Gasteiger partial charge is 0.493 e. The number of nitrogens with zero attached hydrogens (tertiary/aromatic N) is 2. The Balaban J connectivity index is 2.65. The number of carbonyl (C=O) groups is 1. The van der Waals surface area contributed by atoms with Crippen molar-refractivity contribution in [3.63, 3.8) is 0 Å². The Bertz CT molecular complexity index is 433. The average molecular weight is 266 g/mol. The molecule has 0 saturated carbocycles. The quantitative estimate of drug-likeness (QED) is 0.817. The fraction of sp³-hybridized carbons (Fsp3) is 0.500. The molecule has 1 rings (SSSR count). The van der Waals surface area contributed by atoms with Crippen LogP contribution in [0.5, 0.6) is 11.5 Å². The predicted octanol–water partition coefficient (Wildman–Crippen LogP) is 1.86. The minimum Gasteiger partial charge on any atom is -0.493 e. The molecule has 0 atom stereocenters. The van der Waals surface area contributed by atoms with Crippen LogP contribution in [0.15, 0.2) is 18.2 Å². The molecule has 0 fully saturated rings. The number of hydrogen-bond acceptors (Lipinski definition) is 3. The van der Waals surface area contributed by atoms with Gasteiger partial charge in [0.05, 0.1) is 14.2 Å². The van der Waals surface area contributed by atoms with Crippen molar-refractivity contribution in [2.45, 2.75) is 6.42 Å². The molecule has 0 saturated heterocycles. The molecule has 0 N–H and O–H groups in total. The minimum atomic E-state index is 0.000441. The van der Waals surface area contributed by atoms with Crippen LogP contribution in [0.25, 0.3) is 0 Å². The maximum atomic E-state index is 11.7. The van der Waals surface area contributed by atoms with E-state index >= 15 is 0 Å². The molecule has 19 heavy (non-hydrogen) atoms. The van der Waals surface area contributed by atoms with Crippen LogP contribution < -0.4 is 9.47 Å². The van der Waals surface area contributed by atoms with Crippen LogP contribution in [0.1, 0.15) is 5.56 Å². The highest BCUT2D eigenvalue weighted by Crippen LogP contribution is 2.27. The van der Waals surface area contributed by atoms with Gasteiger partial charge in [0.15, 0.2) is 11.5 Å². The fourth-order valence-electron chi connectivity index (χ4n) is 1.77. The van der Waals surface area contributed by atoms with E-state index < -0.39 is 0 Å². The molecule has 1 aromatic carbocycles. The lowest BCUT2D eigenvalue weighted by molar-refractivity contribution is 0.182. The fourth-order valence-corrected chi connectivity index (χ4v) is 1.77. The Morgan fingerprint density at radius 3 is 2.26 bits per heavy atom. The first-order valence-electron chi connectivity index (χ1n) is 6.13. The van der Waals surface area contributed by atoms with Crippen molar-refractivity contribution in [2.24, 2.45) is 0 Å². The lowest BCUT2D eigenvalue weighted by Gasteiger charge is -2.21. The first-order valence-corrected chi connectivity index (χ1v) is 6.13. The van der Waals surface area contributed by atoms with Crippen molar-refractivity contribution in [3.8, 4) is 11.5 Å². The van der Waals surface area contributed by atoms with Crippen molar-refractivity contribution in [3.05, 3.63) is 23.8 Å². The van der Waals surface area contributed by atoms with Crippen molar-refractivity contribution in [1.29, 1.82) is 0 Å². The maximum Gasteiger partial charge on any atom is 0.319 e. The first-order chi connectivity index (χ1) is 8.99. The molecule has 0 aliphatic rings. The first kappa shape index (κ1) is 15.1. The SMILES string of the molecule is COc1ccc(CCN(C)C(=O)N(C)C)cc1OC. The lowest BCUT2D eigenvalue weighted by Crippen LogP contribution is -2.37. The van der Waals surface area contributed by atoms with E-state index in [1.165, 1.54) is 0 Å². The zero-order valence-electron chi connectivity index (χ0n) is 12.3. The van der Waals surface area contributed by atoms with Gasteiger partial charge in [-0.3, -0.25) is 0 Å². The summed E-state index contributed by atoms with van der Waals surface area (Å²) in [5, 5.41) is 0. The van der Waals surface area contributed by atoms with E-state index in [9.17, 15) is 4.79 Å². The summed E-state index contributed by atoms with van der Waals surface area (Å²) in [6.45, 7) is 0.659. The third-order valence-electron chi connectivity index (χ3n) is 2.89. The Labute approximate surface area is 114 Å². The molecule has 0 bridgehead atoms. The van der Waals surface area contributed by atoms with Crippen LogP contribution >= 0.6 is 0 Å². The van der Waals surface area contributed by atoms with E-state index in [1.807, 2.05) is 18.2 Å². The Kier molecular flexibility index (Phi) is 5.48. The number of urea groups is 1. The smallest absolute Gasteiger partial charge is 0.319 e. The van der Waals surface area contributed by atoms with E-state index in [1.54, 1.807) is 45.2 Å². The van der Waals surface area contributed by atoms with E-state index in [4.69, 9.17) is 9.47 Å². The highest BCUT2D eigenvalue weighted by Gasteiger charge is 2.11. The Morgan fingerprint density at radius 2 is 1.74 bits per heavy atom. The van der Waals surface area contributed by atoms with E-state index in [0.717, 1.165) is 12.0 Å². The van der Waals surface area contributed by atoms with E-state index in [2.05, 4.69) is 0 Å². The summed E-state index contributed by atoms with van der Waals surface area (Å²) in [5.74, 6) is 1.42. The Morgan fingerprint density at radius 1 is 1.11 bits per heavy atom. The van der Waals surface area contributed by atoms with Gasteiger partial charge in [-0.1, -0.05) is 6.07 Å². The number of ether oxygens (including phenoxy) is 2. The van der Waals surface area contributed by atoms with Crippen LogP contribution in [-0.2, 0) is 6.42 Å². The van der Waals surface area contributed by atoms with E-state index in [0.29, 0.717) is 18.0 Å². The zero-order chi connectivity index (χ0) is 14.4. The Hall–Kier alpha value is -1.91. The minimum absolute atomic E-state index is 0.000441. The normalized spacial score (nSPS) is 9.95. The molecule has 2 amide bonds. The van der Waals surface area contributed by atoms with E-state index in [-0.39, 0.29) is 6.03 Å². The van der Waals surface area contributed by atoms with Gasteiger partial charge in [-0.2, -0.15) is 0 Å². The van der Waals surface area contributed by atoms with Gasteiger partial charge in [0.25, 0.3) is 0 Å². The molecule has 0 unspecified atom stereocenters. The second-order valence-corrected chi connectivity index (χ2v) is 4.54. The molecular formula is C14H22N2O3. The van der Waals surface area contributed by atoms with Gasteiger partial charge in [-0.15, -0.1) is 0 Å². The van der Waals surface area contributed by atoms with Gasteiger partial charge in [0, 0.05) is 27.7 Å². The molecule has 0 spiro atoms. The van der Waals surface area contributed by atoms with Crippen LogP contribution in [0.3, 0.4) is 0 Å². The number of likely N-dealkylation sites (N-methyl/N-ethyl adjacent to an activating group) is 1. The molecule has 0 heterocycles. The van der Waals surface area contributed by atoms with Crippen molar-refractivity contribution >= 4 is 6.03 Å². The molecule has 0 radical (unpaired) electrons. The summed E-state index contributed by atoms with van der Waals surface area (Å²) >= 11 is 0. The monoisotopic (exact) mass is 266 g/mol. The second kappa shape index (κ2) is 6.87. The molecule has 0 aliphatic heterocycles. The van der Waals surface area contributed by atoms with Crippen LogP contribution in [0.4, 0.5) is 4.79 Å².